The number of rotatable bonds is 5. The van der Waals surface area contributed by atoms with Gasteiger partial charge in [-0.2, -0.15) is 0 Å². The van der Waals surface area contributed by atoms with E-state index in [1.165, 1.54) is 6.08 Å². The summed E-state index contributed by atoms with van der Waals surface area (Å²) < 4.78 is 0. The summed E-state index contributed by atoms with van der Waals surface area (Å²) in [6.45, 7) is 5.84. The number of benzene rings is 2. The Morgan fingerprint density at radius 1 is 1.04 bits per heavy atom. The molecule has 0 aliphatic rings. The molecule has 0 aromatic heterocycles. The van der Waals surface area contributed by atoms with Crippen molar-refractivity contribution in [2.75, 3.05) is 0 Å². The number of hydrogen-bond donors (Lipinski definition) is 1. The number of nitrogens with one attached hydrogen (secondary N) is 1. The molecule has 2 rings (SSSR count). The number of carbonyl (C=O) groups is 2. The molecule has 0 bridgehead atoms. The highest BCUT2D eigenvalue weighted by atomic mass is 16.1. The maximum Gasteiger partial charge on any atom is 0.244 e. The van der Waals surface area contributed by atoms with Crippen molar-refractivity contribution in [3.8, 4) is 11.1 Å². The number of amides is 1. The molecular weight excluding hydrogens is 286 g/mol. The van der Waals surface area contributed by atoms with Crippen molar-refractivity contribution in [1.82, 2.24) is 5.32 Å². The molecule has 3 nitrogen and oxygen atoms in total. The Bertz CT molecular complexity index is 745. The zero-order valence-corrected chi connectivity index (χ0v) is 13.7. The van der Waals surface area contributed by atoms with Gasteiger partial charge in [-0.3, -0.25) is 9.59 Å². The smallest absolute Gasteiger partial charge is 0.244 e. The van der Waals surface area contributed by atoms with Crippen LogP contribution >= 0.6 is 0 Å². The Morgan fingerprint density at radius 3 is 2.43 bits per heavy atom. The molecule has 3 heteroatoms. The molecule has 0 aliphatic carbocycles. The minimum absolute atomic E-state index is 0.0971. The summed E-state index contributed by atoms with van der Waals surface area (Å²) in [7, 11) is 0. The van der Waals surface area contributed by atoms with E-state index in [0.717, 1.165) is 28.5 Å². The largest absolute Gasteiger partial charge is 0.350 e. The fourth-order valence-electron chi connectivity index (χ4n) is 2.52. The summed E-state index contributed by atoms with van der Waals surface area (Å²) in [5.74, 6) is -0.129. The first-order chi connectivity index (χ1) is 11.0. The average molecular weight is 307 g/mol. The summed E-state index contributed by atoms with van der Waals surface area (Å²) in [5.41, 5.74) is 4.47. The average Bonchev–Trinajstić information content (AvgIpc) is 2.52. The van der Waals surface area contributed by atoms with E-state index in [-0.39, 0.29) is 11.9 Å². The highest BCUT2D eigenvalue weighted by Crippen LogP contribution is 2.30. The van der Waals surface area contributed by atoms with Crippen LogP contribution in [-0.4, -0.2) is 18.2 Å². The molecule has 1 N–H and O–H groups in total. The SMILES string of the molecule is Cc1cccc(/C=C/C(=O)NC(C)C)c1-c1ccccc1C=O. The Balaban J connectivity index is 2.47. The lowest BCUT2D eigenvalue weighted by Gasteiger charge is -2.12. The highest BCUT2D eigenvalue weighted by molar-refractivity contribution is 5.95. The van der Waals surface area contributed by atoms with Crippen LogP contribution in [0.4, 0.5) is 0 Å². The first-order valence-corrected chi connectivity index (χ1v) is 7.65. The third kappa shape index (κ3) is 4.16. The number of carbonyl (C=O) groups excluding carboxylic acids is 2. The molecular formula is C20H21NO2. The monoisotopic (exact) mass is 307 g/mol. The summed E-state index contributed by atoms with van der Waals surface area (Å²) >= 11 is 0. The van der Waals surface area contributed by atoms with Crippen LogP contribution in [0.2, 0.25) is 0 Å². The Kier molecular flexibility index (Phi) is 5.47. The van der Waals surface area contributed by atoms with Crippen molar-refractivity contribution in [3.63, 3.8) is 0 Å². The van der Waals surface area contributed by atoms with E-state index in [0.29, 0.717) is 5.56 Å². The minimum atomic E-state index is -0.129. The quantitative estimate of drug-likeness (QED) is 0.670. The van der Waals surface area contributed by atoms with Gasteiger partial charge in [0.05, 0.1) is 0 Å². The molecule has 0 saturated carbocycles. The number of aldehydes is 1. The van der Waals surface area contributed by atoms with Gasteiger partial charge in [0.25, 0.3) is 0 Å². The summed E-state index contributed by atoms with van der Waals surface area (Å²) in [6.07, 6.45) is 4.18. The predicted octanol–water partition coefficient (Wildman–Crippen LogP) is 4.01. The van der Waals surface area contributed by atoms with E-state index in [1.807, 2.05) is 57.2 Å². The molecule has 0 unspecified atom stereocenters. The van der Waals surface area contributed by atoms with Crippen LogP contribution in [0.3, 0.4) is 0 Å². The molecule has 2 aromatic rings. The second-order valence-corrected chi connectivity index (χ2v) is 5.74. The molecule has 23 heavy (non-hydrogen) atoms. The van der Waals surface area contributed by atoms with E-state index in [9.17, 15) is 9.59 Å². The van der Waals surface area contributed by atoms with Gasteiger partial charge in [-0.1, -0.05) is 42.5 Å². The molecule has 118 valence electrons. The fraction of sp³-hybridized carbons (Fsp3) is 0.200. The molecule has 0 radical (unpaired) electrons. The summed E-state index contributed by atoms with van der Waals surface area (Å²) in [6, 6.07) is 13.5. The van der Waals surface area contributed by atoms with Crippen LogP contribution in [0, 0.1) is 6.92 Å². The van der Waals surface area contributed by atoms with E-state index >= 15 is 0 Å². The van der Waals surface area contributed by atoms with E-state index in [1.54, 1.807) is 12.1 Å². The van der Waals surface area contributed by atoms with E-state index in [2.05, 4.69) is 5.32 Å². The molecule has 1 amide bonds. The maximum atomic E-state index is 11.8. The predicted molar refractivity (Wildman–Crippen MR) is 94.3 cm³/mol. The van der Waals surface area contributed by atoms with Gasteiger partial charge in [-0.15, -0.1) is 0 Å². The highest BCUT2D eigenvalue weighted by Gasteiger charge is 2.10. The van der Waals surface area contributed by atoms with Crippen molar-refractivity contribution < 1.29 is 9.59 Å². The Hall–Kier alpha value is -2.68. The lowest BCUT2D eigenvalue weighted by molar-refractivity contribution is -0.116. The van der Waals surface area contributed by atoms with Crippen LogP contribution in [0.5, 0.6) is 0 Å². The van der Waals surface area contributed by atoms with Crippen LogP contribution in [0.15, 0.2) is 48.5 Å². The minimum Gasteiger partial charge on any atom is -0.350 e. The Morgan fingerprint density at radius 2 is 1.74 bits per heavy atom. The first kappa shape index (κ1) is 16.7. The first-order valence-electron chi connectivity index (χ1n) is 7.65. The lowest BCUT2D eigenvalue weighted by atomic mass is 9.92. The van der Waals surface area contributed by atoms with Crippen molar-refractivity contribution in [1.29, 1.82) is 0 Å². The summed E-state index contributed by atoms with van der Waals surface area (Å²) in [4.78, 5) is 23.2. The van der Waals surface area contributed by atoms with Crippen molar-refractivity contribution in [2.45, 2.75) is 26.8 Å². The van der Waals surface area contributed by atoms with Gasteiger partial charge in [0, 0.05) is 17.7 Å². The van der Waals surface area contributed by atoms with Gasteiger partial charge in [-0.25, -0.2) is 0 Å². The fourth-order valence-corrected chi connectivity index (χ4v) is 2.52. The second kappa shape index (κ2) is 7.54. The van der Waals surface area contributed by atoms with Crippen LogP contribution in [0.25, 0.3) is 17.2 Å². The maximum absolute atomic E-state index is 11.8. The summed E-state index contributed by atoms with van der Waals surface area (Å²) in [5, 5.41) is 2.83. The van der Waals surface area contributed by atoms with Gasteiger partial charge in [0.15, 0.2) is 6.29 Å². The third-order valence-corrected chi connectivity index (χ3v) is 3.51. The zero-order valence-electron chi connectivity index (χ0n) is 13.7. The molecule has 0 saturated heterocycles. The van der Waals surface area contributed by atoms with Crippen LogP contribution in [0.1, 0.15) is 35.3 Å². The zero-order chi connectivity index (χ0) is 16.8. The number of hydrogen-bond acceptors (Lipinski definition) is 2. The topological polar surface area (TPSA) is 46.2 Å². The Labute approximate surface area is 137 Å². The van der Waals surface area contributed by atoms with E-state index < -0.39 is 0 Å². The molecule has 2 aromatic carbocycles. The van der Waals surface area contributed by atoms with Crippen LogP contribution < -0.4 is 5.32 Å². The standard InChI is InChI=1S/C20H21NO2/c1-14(2)21-19(23)12-11-16-9-6-7-15(3)20(16)18-10-5-4-8-17(18)13-22/h4-14H,1-3H3,(H,21,23)/b12-11+. The number of aryl methyl sites for hydroxylation is 1. The molecule has 0 aliphatic heterocycles. The van der Waals surface area contributed by atoms with Crippen molar-refractivity contribution >= 4 is 18.3 Å². The van der Waals surface area contributed by atoms with Gasteiger partial charge < -0.3 is 5.32 Å². The molecule has 0 atom stereocenters. The van der Waals surface area contributed by atoms with Gasteiger partial charge in [0.2, 0.25) is 5.91 Å². The van der Waals surface area contributed by atoms with Gasteiger partial charge >= 0.3 is 0 Å². The lowest BCUT2D eigenvalue weighted by Crippen LogP contribution is -2.28. The van der Waals surface area contributed by atoms with Crippen molar-refractivity contribution in [3.05, 3.63) is 65.2 Å². The van der Waals surface area contributed by atoms with Gasteiger partial charge in [-0.05, 0) is 49.1 Å². The van der Waals surface area contributed by atoms with Crippen LogP contribution in [-0.2, 0) is 4.79 Å². The normalized spacial score (nSPS) is 11.0. The third-order valence-electron chi connectivity index (χ3n) is 3.51. The molecule has 0 spiro atoms. The van der Waals surface area contributed by atoms with Gasteiger partial charge in [0.1, 0.15) is 0 Å². The second-order valence-electron chi connectivity index (χ2n) is 5.74. The molecule has 0 heterocycles. The molecule has 0 fully saturated rings. The van der Waals surface area contributed by atoms with E-state index in [4.69, 9.17) is 0 Å². The van der Waals surface area contributed by atoms with Crippen molar-refractivity contribution in [2.24, 2.45) is 0 Å².